The Morgan fingerprint density at radius 1 is 0.962 bits per heavy atom. The van der Waals surface area contributed by atoms with Crippen molar-refractivity contribution in [3.8, 4) is 11.3 Å². The average Bonchev–Trinajstić information content (AvgIpc) is 2.93. The van der Waals surface area contributed by atoms with E-state index in [9.17, 15) is 4.39 Å². The average molecular weight is 348 g/mol. The molecule has 2 nitrogen and oxygen atoms in total. The highest BCUT2D eigenvalue weighted by atomic mass is 19.1. The van der Waals surface area contributed by atoms with Gasteiger partial charge in [-0.05, 0) is 42.5 Å². The topological polar surface area (TPSA) is 17.0 Å². The van der Waals surface area contributed by atoms with Crippen molar-refractivity contribution in [2.24, 2.45) is 7.05 Å². The summed E-state index contributed by atoms with van der Waals surface area (Å²) in [5.41, 5.74) is 6.66. The maximum Gasteiger partial charge on any atom is 0.216 e. The lowest BCUT2D eigenvalue weighted by Gasteiger charge is -2.09. The van der Waals surface area contributed by atoms with Crippen LogP contribution in [0.15, 0.2) is 47.0 Å². The van der Waals surface area contributed by atoms with Crippen molar-refractivity contribution in [2.45, 2.75) is 33.6 Å². The second-order valence-electron chi connectivity index (χ2n) is 7.44. The maximum atomic E-state index is 14.0. The zero-order chi connectivity index (χ0) is 18.6. The molecule has 132 valence electrons. The molecule has 0 fully saturated rings. The van der Waals surface area contributed by atoms with E-state index in [-0.39, 0.29) is 5.82 Å². The minimum absolute atomic E-state index is 0.234. The third kappa shape index (κ3) is 2.50. The number of nitrogens with zero attached hydrogens (tertiary/aromatic N) is 1. The number of rotatable bonds is 2. The van der Waals surface area contributed by atoms with Crippen LogP contribution in [0.1, 0.15) is 36.5 Å². The van der Waals surface area contributed by atoms with Crippen LogP contribution in [0.3, 0.4) is 0 Å². The first-order chi connectivity index (χ1) is 12.4. The zero-order valence-electron chi connectivity index (χ0n) is 15.9. The molecule has 4 aromatic rings. The summed E-state index contributed by atoms with van der Waals surface area (Å²) in [4.78, 5) is 0. The molecule has 0 spiro atoms. The van der Waals surface area contributed by atoms with Gasteiger partial charge in [0.25, 0.3) is 0 Å². The van der Waals surface area contributed by atoms with E-state index in [0.29, 0.717) is 17.1 Å². The molecule has 0 unspecified atom stereocenters. The number of hydrogen-bond acceptors (Lipinski definition) is 1. The van der Waals surface area contributed by atoms with Crippen molar-refractivity contribution in [2.75, 3.05) is 0 Å². The lowest BCUT2D eigenvalue weighted by Crippen LogP contribution is -2.31. The van der Waals surface area contributed by atoms with Gasteiger partial charge in [0.1, 0.15) is 24.0 Å². The highest BCUT2D eigenvalue weighted by Gasteiger charge is 2.22. The first kappa shape index (κ1) is 16.8. The molecule has 0 aliphatic heterocycles. The summed E-state index contributed by atoms with van der Waals surface area (Å²) < 4.78 is 22.3. The number of hydrogen-bond donors (Lipinski definition) is 0. The molecule has 0 bridgehead atoms. The summed E-state index contributed by atoms with van der Waals surface area (Å²) in [6.07, 6.45) is 2.09. The second kappa shape index (κ2) is 5.94. The van der Waals surface area contributed by atoms with Crippen molar-refractivity contribution in [3.05, 3.63) is 65.1 Å². The minimum Gasteiger partial charge on any atom is -0.455 e. The smallest absolute Gasteiger partial charge is 0.216 e. The van der Waals surface area contributed by atoms with E-state index >= 15 is 0 Å². The van der Waals surface area contributed by atoms with Gasteiger partial charge in [-0.2, -0.15) is 0 Å². The standard InChI is InChI=1S/C23H23FNO/c1-13(2)16-8-9-25(5)20(11-16)22-14(3)6-7-17-18-10-15(4)19(24)12-21(18)26-23(17)22/h6-13H,1-5H3/q+1. The predicted octanol–water partition coefficient (Wildman–Crippen LogP) is 5.96. The SMILES string of the molecule is Cc1cc2c(cc1F)oc1c(-c3cc(C(C)C)cc[n+]3C)c(C)ccc12. The Bertz CT molecular complexity index is 1150. The molecule has 0 amide bonds. The van der Waals surface area contributed by atoms with Gasteiger partial charge >= 0.3 is 0 Å². The fraction of sp³-hybridized carbons (Fsp3) is 0.261. The molecule has 2 aromatic carbocycles. The van der Waals surface area contributed by atoms with E-state index in [4.69, 9.17) is 4.42 Å². The third-order valence-electron chi connectivity index (χ3n) is 5.23. The highest BCUT2D eigenvalue weighted by molar-refractivity contribution is 6.09. The molecule has 26 heavy (non-hydrogen) atoms. The van der Waals surface area contributed by atoms with E-state index < -0.39 is 0 Å². The molecule has 0 radical (unpaired) electrons. The zero-order valence-corrected chi connectivity index (χ0v) is 15.9. The summed E-state index contributed by atoms with van der Waals surface area (Å²) in [7, 11) is 2.05. The van der Waals surface area contributed by atoms with Crippen molar-refractivity contribution >= 4 is 21.9 Å². The molecule has 2 heterocycles. The molecule has 0 aliphatic rings. The quantitative estimate of drug-likeness (QED) is 0.409. The number of aromatic nitrogens is 1. The largest absolute Gasteiger partial charge is 0.455 e. The highest BCUT2D eigenvalue weighted by Crippen LogP contribution is 2.38. The molecule has 4 rings (SSSR count). The number of benzene rings is 2. The van der Waals surface area contributed by atoms with Crippen LogP contribution in [0.5, 0.6) is 0 Å². The van der Waals surface area contributed by atoms with E-state index in [1.165, 1.54) is 11.6 Å². The van der Waals surface area contributed by atoms with Gasteiger partial charge in [0.05, 0.1) is 5.56 Å². The predicted molar refractivity (Wildman–Crippen MR) is 104 cm³/mol. The van der Waals surface area contributed by atoms with Gasteiger partial charge in [-0.3, -0.25) is 0 Å². The van der Waals surface area contributed by atoms with Gasteiger partial charge < -0.3 is 4.42 Å². The Hall–Kier alpha value is -2.68. The van der Waals surface area contributed by atoms with Crippen LogP contribution in [0.4, 0.5) is 4.39 Å². The molecule has 0 saturated heterocycles. The van der Waals surface area contributed by atoms with E-state index in [1.54, 1.807) is 6.92 Å². The van der Waals surface area contributed by atoms with Crippen molar-refractivity contribution in [1.29, 1.82) is 0 Å². The van der Waals surface area contributed by atoms with Crippen LogP contribution in [0, 0.1) is 19.7 Å². The van der Waals surface area contributed by atoms with Crippen LogP contribution in [0.2, 0.25) is 0 Å². The Balaban J connectivity index is 2.10. The van der Waals surface area contributed by atoms with Crippen LogP contribution < -0.4 is 4.57 Å². The van der Waals surface area contributed by atoms with Gasteiger partial charge in [0, 0.05) is 29.0 Å². The van der Waals surface area contributed by atoms with Crippen molar-refractivity contribution in [3.63, 3.8) is 0 Å². The van der Waals surface area contributed by atoms with Gasteiger partial charge in [0.15, 0.2) is 6.20 Å². The summed E-state index contributed by atoms with van der Waals surface area (Å²) in [6.45, 7) is 8.27. The Morgan fingerprint density at radius 2 is 1.73 bits per heavy atom. The monoisotopic (exact) mass is 348 g/mol. The summed E-state index contributed by atoms with van der Waals surface area (Å²) in [5.74, 6) is 0.212. The first-order valence-electron chi connectivity index (χ1n) is 8.98. The van der Waals surface area contributed by atoms with Gasteiger partial charge in [-0.1, -0.05) is 26.0 Å². The summed E-state index contributed by atoms with van der Waals surface area (Å²) in [5, 5.41) is 1.99. The number of furan rings is 1. The molecule has 2 aromatic heterocycles. The Labute approximate surface area is 152 Å². The van der Waals surface area contributed by atoms with Crippen LogP contribution in [-0.2, 0) is 7.05 Å². The molecular weight excluding hydrogens is 325 g/mol. The summed E-state index contributed by atoms with van der Waals surface area (Å²) in [6, 6.07) is 11.9. The van der Waals surface area contributed by atoms with Gasteiger partial charge in [0.2, 0.25) is 5.69 Å². The lowest BCUT2D eigenvalue weighted by molar-refractivity contribution is -0.660. The second-order valence-corrected chi connectivity index (χ2v) is 7.44. The van der Waals surface area contributed by atoms with E-state index in [1.807, 2.05) is 13.1 Å². The number of pyridine rings is 1. The third-order valence-corrected chi connectivity index (χ3v) is 5.23. The first-order valence-corrected chi connectivity index (χ1v) is 8.98. The molecular formula is C23H23FNO+. The van der Waals surface area contributed by atoms with Crippen molar-refractivity contribution in [1.82, 2.24) is 0 Å². The normalized spacial score (nSPS) is 11.8. The van der Waals surface area contributed by atoms with E-state index in [0.717, 1.165) is 33.2 Å². The molecule has 0 atom stereocenters. The minimum atomic E-state index is -0.234. The molecule has 0 aliphatic carbocycles. The number of aryl methyl sites for hydroxylation is 3. The van der Waals surface area contributed by atoms with Crippen LogP contribution in [-0.4, -0.2) is 0 Å². The number of fused-ring (bicyclic) bond motifs is 3. The molecule has 3 heteroatoms. The lowest BCUT2D eigenvalue weighted by atomic mass is 9.97. The van der Waals surface area contributed by atoms with Crippen molar-refractivity contribution < 1.29 is 13.4 Å². The van der Waals surface area contributed by atoms with Crippen LogP contribution in [0.25, 0.3) is 33.2 Å². The van der Waals surface area contributed by atoms with Crippen LogP contribution >= 0.6 is 0 Å². The molecule has 0 saturated carbocycles. The fourth-order valence-electron chi connectivity index (χ4n) is 3.58. The summed E-state index contributed by atoms with van der Waals surface area (Å²) >= 11 is 0. The van der Waals surface area contributed by atoms with Gasteiger partial charge in [-0.25, -0.2) is 8.96 Å². The maximum absolute atomic E-state index is 14.0. The van der Waals surface area contributed by atoms with Gasteiger partial charge in [-0.15, -0.1) is 0 Å². The molecule has 0 N–H and O–H groups in total. The number of halogens is 1. The fourth-order valence-corrected chi connectivity index (χ4v) is 3.58. The Kier molecular flexibility index (Phi) is 3.83. The van der Waals surface area contributed by atoms with E-state index in [2.05, 4.69) is 55.8 Å². The Morgan fingerprint density at radius 3 is 2.46 bits per heavy atom.